The summed E-state index contributed by atoms with van der Waals surface area (Å²) in [6, 6.07) is 7.53. The van der Waals surface area contributed by atoms with E-state index >= 15 is 0 Å². The first-order valence-electron chi connectivity index (χ1n) is 5.53. The van der Waals surface area contributed by atoms with Gasteiger partial charge in [0.1, 0.15) is 5.75 Å². The molecule has 1 N–H and O–H groups in total. The molecule has 0 saturated carbocycles. The van der Waals surface area contributed by atoms with Gasteiger partial charge in [-0.2, -0.15) is 22.7 Å². The average Bonchev–Trinajstić information content (AvgIpc) is 2.83. The molecule has 0 radical (unpaired) electrons. The Hall–Kier alpha value is -2.64. The van der Waals surface area contributed by atoms with Gasteiger partial charge < -0.3 is 5.11 Å². The van der Waals surface area contributed by atoms with E-state index in [0.29, 0.717) is 11.3 Å². The molecule has 0 unspecified atom stereocenters. The van der Waals surface area contributed by atoms with Gasteiger partial charge in [0, 0.05) is 11.8 Å². The lowest BCUT2D eigenvalue weighted by molar-refractivity contribution is -0.144. The van der Waals surface area contributed by atoms with Crippen molar-refractivity contribution in [3.8, 4) is 17.0 Å². The highest BCUT2D eigenvalue weighted by Gasteiger charge is 2.36. The molecule has 0 atom stereocenters. The van der Waals surface area contributed by atoms with Crippen LogP contribution in [0.3, 0.4) is 0 Å². The van der Waals surface area contributed by atoms with E-state index in [9.17, 15) is 18.3 Å². The van der Waals surface area contributed by atoms with Gasteiger partial charge in [-0.1, -0.05) is 0 Å². The van der Waals surface area contributed by atoms with Crippen molar-refractivity contribution in [3.63, 3.8) is 0 Å². The topological polar surface area (TPSA) is 63.3 Å². The summed E-state index contributed by atoms with van der Waals surface area (Å²) in [5.74, 6) is -1.31. The predicted molar refractivity (Wildman–Crippen MR) is 62.9 cm³/mol. The fraction of sp³-hybridized carbons (Fsp3) is 0.0833. The third kappa shape index (κ3) is 2.04. The van der Waals surface area contributed by atoms with Crippen molar-refractivity contribution in [2.45, 2.75) is 6.18 Å². The Bertz CT molecular complexity index is 764. The van der Waals surface area contributed by atoms with Gasteiger partial charge in [-0.25, -0.2) is 4.98 Å². The highest BCUT2D eigenvalue weighted by molar-refractivity contribution is 5.62. The van der Waals surface area contributed by atoms with Gasteiger partial charge in [-0.3, -0.25) is 0 Å². The first kappa shape index (κ1) is 12.4. The van der Waals surface area contributed by atoms with Gasteiger partial charge in [0.2, 0.25) is 0 Å². The van der Waals surface area contributed by atoms with Crippen LogP contribution in [-0.2, 0) is 6.18 Å². The van der Waals surface area contributed by atoms with Crippen LogP contribution < -0.4 is 0 Å². The lowest BCUT2D eigenvalue weighted by Crippen LogP contribution is -2.07. The third-order valence-corrected chi connectivity index (χ3v) is 2.66. The molecule has 0 saturated heterocycles. The van der Waals surface area contributed by atoms with Crippen LogP contribution in [0.4, 0.5) is 13.2 Å². The summed E-state index contributed by atoms with van der Waals surface area (Å²) in [4.78, 5) is 7.11. The lowest BCUT2D eigenvalue weighted by atomic mass is 10.1. The van der Waals surface area contributed by atoms with Crippen LogP contribution in [0.1, 0.15) is 5.82 Å². The largest absolute Gasteiger partial charge is 0.508 e. The maximum absolute atomic E-state index is 12.6. The van der Waals surface area contributed by atoms with Crippen LogP contribution >= 0.6 is 0 Å². The molecule has 0 spiro atoms. The molecule has 1 aromatic carbocycles. The lowest BCUT2D eigenvalue weighted by Gasteiger charge is -2.03. The molecule has 0 aliphatic rings. The van der Waals surface area contributed by atoms with Crippen molar-refractivity contribution in [1.29, 1.82) is 0 Å². The number of benzene rings is 1. The fourth-order valence-corrected chi connectivity index (χ4v) is 1.76. The summed E-state index contributed by atoms with van der Waals surface area (Å²) >= 11 is 0. The van der Waals surface area contributed by atoms with E-state index in [4.69, 9.17) is 0 Å². The minimum absolute atomic E-state index is 0.0635. The molecule has 0 aliphatic carbocycles. The second-order valence-corrected chi connectivity index (χ2v) is 4.02. The molecule has 2 heterocycles. The van der Waals surface area contributed by atoms with E-state index in [-0.39, 0.29) is 11.5 Å². The van der Waals surface area contributed by atoms with Gasteiger partial charge in [0.25, 0.3) is 11.6 Å². The molecule has 2 aromatic heterocycles. The summed E-state index contributed by atoms with van der Waals surface area (Å²) in [5, 5.41) is 12.7. The Balaban J connectivity index is 2.21. The molecular formula is C12H7F3N4O. The molecule has 102 valence electrons. The minimum atomic E-state index is -4.63. The minimum Gasteiger partial charge on any atom is -0.508 e. The number of rotatable bonds is 1. The number of phenols is 1. The second kappa shape index (κ2) is 4.19. The molecule has 0 fully saturated rings. The first-order chi connectivity index (χ1) is 9.45. The maximum atomic E-state index is 12.6. The zero-order chi connectivity index (χ0) is 14.3. The van der Waals surface area contributed by atoms with Crippen LogP contribution in [0.2, 0.25) is 0 Å². The first-order valence-corrected chi connectivity index (χ1v) is 5.53. The van der Waals surface area contributed by atoms with E-state index in [1.54, 1.807) is 12.1 Å². The molecule has 0 amide bonds. The number of halogens is 3. The Morgan fingerprint density at radius 1 is 1.05 bits per heavy atom. The van der Waals surface area contributed by atoms with Crippen molar-refractivity contribution >= 4 is 5.78 Å². The summed E-state index contributed by atoms with van der Waals surface area (Å²) < 4.78 is 38.9. The average molecular weight is 280 g/mol. The quantitative estimate of drug-likeness (QED) is 0.744. The summed E-state index contributed by atoms with van der Waals surface area (Å²) in [7, 11) is 0. The summed E-state index contributed by atoms with van der Waals surface area (Å²) in [6.45, 7) is 0. The Kier molecular flexibility index (Phi) is 2.60. The number of hydrogen-bond acceptors (Lipinski definition) is 4. The van der Waals surface area contributed by atoms with Gasteiger partial charge in [-0.15, -0.1) is 5.10 Å². The number of hydrogen-bond donors (Lipinski definition) is 1. The second-order valence-electron chi connectivity index (χ2n) is 4.02. The highest BCUT2D eigenvalue weighted by Crippen LogP contribution is 2.28. The maximum Gasteiger partial charge on any atom is 0.453 e. The standard InChI is InChI=1S/C12H7F3N4O/c13-12(14,15)10-17-11-16-6-5-9(19(11)18-10)7-1-3-8(20)4-2-7/h1-6,20H. The van der Waals surface area contributed by atoms with Crippen LogP contribution in [0, 0.1) is 0 Å². The Labute approximate surface area is 110 Å². The van der Waals surface area contributed by atoms with Gasteiger partial charge >= 0.3 is 6.18 Å². The van der Waals surface area contributed by atoms with Gasteiger partial charge in [-0.05, 0) is 30.3 Å². The zero-order valence-electron chi connectivity index (χ0n) is 9.83. The van der Waals surface area contributed by atoms with Crippen molar-refractivity contribution < 1.29 is 18.3 Å². The van der Waals surface area contributed by atoms with E-state index in [2.05, 4.69) is 15.1 Å². The number of aromatic nitrogens is 4. The number of fused-ring (bicyclic) bond motifs is 1. The number of alkyl halides is 3. The van der Waals surface area contributed by atoms with Crippen molar-refractivity contribution in [3.05, 3.63) is 42.4 Å². The third-order valence-electron chi connectivity index (χ3n) is 2.66. The van der Waals surface area contributed by atoms with Crippen molar-refractivity contribution in [2.75, 3.05) is 0 Å². The predicted octanol–water partition coefficient (Wildman–Crippen LogP) is 2.52. The Morgan fingerprint density at radius 3 is 2.40 bits per heavy atom. The zero-order valence-corrected chi connectivity index (χ0v) is 9.83. The molecule has 0 aliphatic heterocycles. The van der Waals surface area contributed by atoms with E-state index in [1.165, 1.54) is 24.4 Å². The van der Waals surface area contributed by atoms with Crippen molar-refractivity contribution in [2.24, 2.45) is 0 Å². The fourth-order valence-electron chi connectivity index (χ4n) is 1.76. The monoisotopic (exact) mass is 280 g/mol. The van der Waals surface area contributed by atoms with E-state index in [1.807, 2.05) is 0 Å². The number of nitrogens with zero attached hydrogens (tertiary/aromatic N) is 4. The number of phenolic OH excluding ortho intramolecular Hbond substituents is 1. The molecule has 5 nitrogen and oxygen atoms in total. The molecule has 8 heteroatoms. The molecule has 3 aromatic rings. The SMILES string of the molecule is Oc1ccc(-c2ccnc3nc(C(F)(F)F)nn23)cc1. The highest BCUT2D eigenvalue weighted by atomic mass is 19.4. The summed E-state index contributed by atoms with van der Waals surface area (Å²) in [6.07, 6.45) is -3.27. The molecule has 0 bridgehead atoms. The molecule has 20 heavy (non-hydrogen) atoms. The van der Waals surface area contributed by atoms with Gasteiger partial charge in [0.05, 0.1) is 5.69 Å². The van der Waals surface area contributed by atoms with Gasteiger partial charge in [0.15, 0.2) is 0 Å². The smallest absolute Gasteiger partial charge is 0.453 e. The van der Waals surface area contributed by atoms with Crippen molar-refractivity contribution in [1.82, 2.24) is 19.6 Å². The van der Waals surface area contributed by atoms with Crippen LogP contribution in [0.25, 0.3) is 17.0 Å². The van der Waals surface area contributed by atoms with Crippen LogP contribution in [-0.4, -0.2) is 24.7 Å². The number of aromatic hydroxyl groups is 1. The molecule has 3 rings (SSSR count). The summed E-state index contributed by atoms with van der Waals surface area (Å²) in [5.41, 5.74) is 0.992. The Morgan fingerprint density at radius 2 is 1.75 bits per heavy atom. The van der Waals surface area contributed by atoms with E-state index < -0.39 is 12.0 Å². The molecular weight excluding hydrogens is 273 g/mol. The van der Waals surface area contributed by atoms with E-state index in [0.717, 1.165) is 4.52 Å². The normalized spacial score (nSPS) is 11.9. The van der Waals surface area contributed by atoms with Crippen LogP contribution in [0.5, 0.6) is 5.75 Å². The van der Waals surface area contributed by atoms with Crippen LogP contribution in [0.15, 0.2) is 36.5 Å².